The normalized spacial score (nSPS) is 13.1. The second kappa shape index (κ2) is 8.39. The highest BCUT2D eigenvalue weighted by molar-refractivity contribution is 9.10. The maximum atomic E-state index is 13.1. The number of rotatable bonds is 5. The summed E-state index contributed by atoms with van der Waals surface area (Å²) in [7, 11) is 0. The van der Waals surface area contributed by atoms with Gasteiger partial charge in [-0.1, -0.05) is 0 Å². The molecule has 0 spiro atoms. The maximum absolute atomic E-state index is 13.1. The molecule has 1 unspecified atom stereocenters. The topological polar surface area (TPSA) is 103 Å². The van der Waals surface area contributed by atoms with E-state index in [0.717, 1.165) is 22.1 Å². The number of hydrogen-bond acceptors (Lipinski definition) is 5. The number of aromatic nitrogens is 3. The van der Waals surface area contributed by atoms with Gasteiger partial charge in [-0.15, -0.1) is 11.3 Å². The highest BCUT2D eigenvalue weighted by Crippen LogP contribution is 2.39. The SMILES string of the molecule is Cc1cc(C(F)F)nc2sc(C(N)=O)c(NC(=O)C(C)n3nc(C(F)(F)F)c(Br)c3C)c12. The number of thiophene rings is 1. The summed E-state index contributed by atoms with van der Waals surface area (Å²) >= 11 is 3.57. The van der Waals surface area contributed by atoms with Crippen LogP contribution in [0.25, 0.3) is 10.2 Å². The molecule has 0 aliphatic carbocycles. The fourth-order valence-corrected chi connectivity index (χ4v) is 4.66. The molecule has 3 aromatic rings. The first-order valence-electron chi connectivity index (χ1n) is 8.88. The van der Waals surface area contributed by atoms with Crippen LogP contribution in [0.3, 0.4) is 0 Å². The molecular weight excluding hydrogens is 525 g/mol. The van der Waals surface area contributed by atoms with Crippen LogP contribution >= 0.6 is 27.3 Å². The van der Waals surface area contributed by atoms with Crippen molar-refractivity contribution in [3.63, 3.8) is 0 Å². The van der Waals surface area contributed by atoms with E-state index in [2.05, 4.69) is 31.3 Å². The molecule has 0 radical (unpaired) electrons. The molecule has 172 valence electrons. The first-order valence-corrected chi connectivity index (χ1v) is 10.5. The third-order valence-electron chi connectivity index (χ3n) is 4.67. The lowest BCUT2D eigenvalue weighted by atomic mass is 10.1. The number of hydrogen-bond donors (Lipinski definition) is 2. The third kappa shape index (κ3) is 4.20. The number of nitrogens with one attached hydrogen (secondary N) is 1. The van der Waals surface area contributed by atoms with Crippen molar-refractivity contribution >= 4 is 55.0 Å². The van der Waals surface area contributed by atoms with E-state index < -0.39 is 41.8 Å². The van der Waals surface area contributed by atoms with E-state index in [1.165, 1.54) is 20.8 Å². The monoisotopic (exact) mass is 539 g/mol. The van der Waals surface area contributed by atoms with Gasteiger partial charge < -0.3 is 11.1 Å². The van der Waals surface area contributed by atoms with E-state index in [1.807, 2.05) is 0 Å². The zero-order chi connectivity index (χ0) is 24.1. The number of alkyl halides is 5. The smallest absolute Gasteiger partial charge is 0.365 e. The number of carbonyl (C=O) groups is 2. The number of anilines is 1. The van der Waals surface area contributed by atoms with Gasteiger partial charge in [0.05, 0.1) is 15.9 Å². The Bertz CT molecular complexity index is 1240. The van der Waals surface area contributed by atoms with Crippen molar-refractivity contribution in [2.75, 3.05) is 5.32 Å². The molecular formula is C18H15BrF5N5O2S. The molecule has 0 saturated carbocycles. The minimum absolute atomic E-state index is 0.0416. The van der Waals surface area contributed by atoms with E-state index in [-0.39, 0.29) is 30.9 Å². The number of amides is 2. The summed E-state index contributed by atoms with van der Waals surface area (Å²) in [5, 5.41) is 6.22. The largest absolute Gasteiger partial charge is 0.436 e. The summed E-state index contributed by atoms with van der Waals surface area (Å²) in [4.78, 5) is 28.6. The van der Waals surface area contributed by atoms with Crippen LogP contribution in [0.15, 0.2) is 10.5 Å². The average molecular weight is 540 g/mol. The number of nitrogens with zero attached hydrogens (tertiary/aromatic N) is 3. The van der Waals surface area contributed by atoms with Crippen LogP contribution < -0.4 is 11.1 Å². The molecule has 0 aliphatic rings. The quantitative estimate of drug-likeness (QED) is 0.439. The number of nitrogens with two attached hydrogens (primary N) is 1. The molecule has 0 aromatic carbocycles. The first-order chi connectivity index (χ1) is 14.7. The minimum atomic E-state index is -4.74. The number of fused-ring (bicyclic) bond motifs is 1. The van der Waals surface area contributed by atoms with Gasteiger partial charge in [0.1, 0.15) is 21.4 Å². The third-order valence-corrected chi connectivity index (χ3v) is 6.71. The predicted octanol–water partition coefficient (Wildman–Crippen LogP) is 5.13. The van der Waals surface area contributed by atoms with E-state index in [0.29, 0.717) is 5.56 Å². The van der Waals surface area contributed by atoms with Gasteiger partial charge in [-0.25, -0.2) is 13.8 Å². The van der Waals surface area contributed by atoms with Crippen LogP contribution in [0.5, 0.6) is 0 Å². The summed E-state index contributed by atoms with van der Waals surface area (Å²) in [6.45, 7) is 4.17. The lowest BCUT2D eigenvalue weighted by molar-refractivity contribution is -0.142. The molecule has 3 rings (SSSR count). The van der Waals surface area contributed by atoms with Gasteiger partial charge in [-0.3, -0.25) is 14.3 Å². The Morgan fingerprint density at radius 2 is 1.91 bits per heavy atom. The summed E-state index contributed by atoms with van der Waals surface area (Å²) in [6, 6.07) is -0.0970. The average Bonchev–Trinajstić information content (AvgIpc) is 3.19. The van der Waals surface area contributed by atoms with Crippen molar-refractivity contribution in [2.24, 2.45) is 5.73 Å². The number of aryl methyl sites for hydroxylation is 1. The molecule has 0 saturated heterocycles. The van der Waals surface area contributed by atoms with Crippen molar-refractivity contribution < 1.29 is 31.5 Å². The fourth-order valence-electron chi connectivity index (χ4n) is 3.11. The highest BCUT2D eigenvalue weighted by atomic mass is 79.9. The zero-order valence-corrected chi connectivity index (χ0v) is 19.0. The number of pyridine rings is 1. The Balaban J connectivity index is 2.05. The van der Waals surface area contributed by atoms with Crippen LogP contribution in [0.4, 0.5) is 27.6 Å². The predicted molar refractivity (Wildman–Crippen MR) is 111 cm³/mol. The summed E-state index contributed by atoms with van der Waals surface area (Å²) in [5.41, 5.74) is 4.02. The fraction of sp³-hybridized carbons (Fsp3) is 0.333. The highest BCUT2D eigenvalue weighted by Gasteiger charge is 2.39. The molecule has 1 atom stereocenters. The van der Waals surface area contributed by atoms with Crippen molar-refractivity contribution in [1.82, 2.24) is 14.8 Å². The van der Waals surface area contributed by atoms with Crippen LogP contribution in [0.1, 0.15) is 51.7 Å². The van der Waals surface area contributed by atoms with Crippen LogP contribution in [-0.4, -0.2) is 26.6 Å². The standard InChI is InChI=1S/C18H15BrF5N5O2S/c1-5-4-8(14(20)21)26-17-9(5)11(12(32-17)15(25)30)27-16(31)7(3)29-6(2)10(19)13(28-29)18(22,23)24/h4,7,14H,1-3H3,(H2,25,30)(H,27,31). The van der Waals surface area contributed by atoms with Crippen molar-refractivity contribution in [1.29, 1.82) is 0 Å². The molecule has 3 heterocycles. The first kappa shape index (κ1) is 24.0. The molecule has 0 aliphatic heterocycles. The van der Waals surface area contributed by atoms with Gasteiger partial charge in [-0.05, 0) is 48.3 Å². The van der Waals surface area contributed by atoms with E-state index in [9.17, 15) is 31.5 Å². The Kier molecular flexibility index (Phi) is 6.30. The molecule has 3 aromatic heterocycles. The van der Waals surface area contributed by atoms with E-state index in [4.69, 9.17) is 5.73 Å². The minimum Gasteiger partial charge on any atom is -0.365 e. The lowest BCUT2D eigenvalue weighted by Gasteiger charge is -2.15. The summed E-state index contributed by atoms with van der Waals surface area (Å²) in [6.07, 6.45) is -7.58. The second-order valence-corrected chi connectivity index (χ2v) is 8.66. The Labute approximate surface area is 189 Å². The van der Waals surface area contributed by atoms with Crippen molar-refractivity contribution in [3.05, 3.63) is 38.1 Å². The Hall–Kier alpha value is -2.61. The number of carbonyl (C=O) groups excluding carboxylic acids is 2. The Morgan fingerprint density at radius 1 is 1.28 bits per heavy atom. The van der Waals surface area contributed by atoms with Gasteiger partial charge in [-0.2, -0.15) is 18.3 Å². The van der Waals surface area contributed by atoms with Gasteiger partial charge >= 0.3 is 6.18 Å². The number of primary amides is 1. The van der Waals surface area contributed by atoms with Crippen LogP contribution in [0.2, 0.25) is 0 Å². The summed E-state index contributed by atoms with van der Waals surface area (Å²) < 4.78 is 66.2. The molecule has 0 fully saturated rings. The van der Waals surface area contributed by atoms with E-state index in [1.54, 1.807) is 0 Å². The molecule has 3 N–H and O–H groups in total. The molecule has 32 heavy (non-hydrogen) atoms. The molecule has 2 amide bonds. The van der Waals surface area contributed by atoms with Gasteiger partial charge in [0.25, 0.3) is 12.3 Å². The molecule has 0 bridgehead atoms. The van der Waals surface area contributed by atoms with E-state index >= 15 is 0 Å². The van der Waals surface area contributed by atoms with Crippen molar-refractivity contribution in [3.8, 4) is 0 Å². The van der Waals surface area contributed by atoms with Crippen LogP contribution in [0, 0.1) is 13.8 Å². The van der Waals surface area contributed by atoms with Gasteiger partial charge in [0.15, 0.2) is 5.69 Å². The Morgan fingerprint density at radius 3 is 2.41 bits per heavy atom. The number of halogens is 6. The van der Waals surface area contributed by atoms with Gasteiger partial charge in [0.2, 0.25) is 5.91 Å². The van der Waals surface area contributed by atoms with Gasteiger partial charge in [0, 0.05) is 5.39 Å². The van der Waals surface area contributed by atoms with Crippen molar-refractivity contribution in [2.45, 2.75) is 39.4 Å². The second-order valence-electron chi connectivity index (χ2n) is 6.87. The lowest BCUT2D eigenvalue weighted by Crippen LogP contribution is -2.26. The zero-order valence-electron chi connectivity index (χ0n) is 16.6. The maximum Gasteiger partial charge on any atom is 0.436 e. The molecule has 14 heteroatoms. The molecule has 7 nitrogen and oxygen atoms in total. The summed E-state index contributed by atoms with van der Waals surface area (Å²) in [5.74, 6) is -1.72. The van der Waals surface area contributed by atoms with Crippen LogP contribution in [-0.2, 0) is 11.0 Å².